The molecule has 0 bridgehead atoms. The van der Waals surface area contributed by atoms with E-state index in [0.717, 1.165) is 19.3 Å². The van der Waals surface area contributed by atoms with E-state index in [-0.39, 0.29) is 29.2 Å². The lowest BCUT2D eigenvalue weighted by Gasteiger charge is -2.47. The number of nitrogens with two attached hydrogens (primary N) is 1. The van der Waals surface area contributed by atoms with Gasteiger partial charge >= 0.3 is 5.97 Å². The average molecular weight is 282 g/mol. The molecule has 2 saturated carbocycles. The van der Waals surface area contributed by atoms with Crippen molar-refractivity contribution in [1.82, 2.24) is 5.32 Å². The SMILES string of the molecule is CC1C(NC(=O)C2(N)CCC2)CCC(C(=O)O)C1(C)C. The van der Waals surface area contributed by atoms with Crippen LogP contribution < -0.4 is 11.1 Å². The predicted molar refractivity (Wildman–Crippen MR) is 76.0 cm³/mol. The van der Waals surface area contributed by atoms with Crippen molar-refractivity contribution in [2.45, 2.75) is 64.5 Å². The highest BCUT2D eigenvalue weighted by Gasteiger charge is 2.48. The molecule has 0 spiro atoms. The van der Waals surface area contributed by atoms with Crippen LogP contribution in [-0.4, -0.2) is 28.6 Å². The van der Waals surface area contributed by atoms with Crippen LogP contribution in [0.5, 0.6) is 0 Å². The zero-order valence-corrected chi connectivity index (χ0v) is 12.6. The summed E-state index contributed by atoms with van der Waals surface area (Å²) in [5.41, 5.74) is 5.03. The van der Waals surface area contributed by atoms with Gasteiger partial charge in [-0.05, 0) is 43.4 Å². The zero-order chi connectivity index (χ0) is 15.1. The minimum Gasteiger partial charge on any atom is -0.481 e. The molecule has 5 heteroatoms. The molecule has 20 heavy (non-hydrogen) atoms. The lowest BCUT2D eigenvalue weighted by Crippen LogP contribution is -2.62. The minimum absolute atomic E-state index is 0.0223. The van der Waals surface area contributed by atoms with E-state index in [1.165, 1.54) is 0 Å². The fraction of sp³-hybridized carbons (Fsp3) is 0.867. The summed E-state index contributed by atoms with van der Waals surface area (Å²) in [4.78, 5) is 23.6. The summed E-state index contributed by atoms with van der Waals surface area (Å²) in [5, 5.41) is 12.4. The van der Waals surface area contributed by atoms with Crippen molar-refractivity contribution in [3.63, 3.8) is 0 Å². The Labute approximate surface area is 120 Å². The van der Waals surface area contributed by atoms with Crippen molar-refractivity contribution >= 4 is 11.9 Å². The van der Waals surface area contributed by atoms with Crippen molar-refractivity contribution in [2.24, 2.45) is 23.0 Å². The first kappa shape index (κ1) is 15.3. The molecular weight excluding hydrogens is 256 g/mol. The summed E-state index contributed by atoms with van der Waals surface area (Å²) in [5.74, 6) is -1.03. The highest BCUT2D eigenvalue weighted by atomic mass is 16.4. The molecule has 3 atom stereocenters. The highest BCUT2D eigenvalue weighted by molar-refractivity contribution is 5.87. The van der Waals surface area contributed by atoms with Crippen LogP contribution in [0, 0.1) is 17.3 Å². The summed E-state index contributed by atoms with van der Waals surface area (Å²) in [6.07, 6.45) is 3.83. The van der Waals surface area contributed by atoms with Gasteiger partial charge in [0.2, 0.25) is 5.91 Å². The second kappa shape index (κ2) is 5.02. The van der Waals surface area contributed by atoms with Gasteiger partial charge in [0.1, 0.15) is 0 Å². The molecule has 2 fully saturated rings. The van der Waals surface area contributed by atoms with Gasteiger partial charge in [-0.25, -0.2) is 0 Å². The first-order chi connectivity index (χ1) is 9.18. The van der Waals surface area contributed by atoms with E-state index in [2.05, 4.69) is 5.32 Å². The van der Waals surface area contributed by atoms with Gasteiger partial charge in [-0.1, -0.05) is 20.8 Å². The molecule has 0 heterocycles. The van der Waals surface area contributed by atoms with Crippen molar-refractivity contribution in [2.75, 3.05) is 0 Å². The molecule has 0 saturated heterocycles. The number of aliphatic carboxylic acids is 1. The van der Waals surface area contributed by atoms with Crippen molar-refractivity contribution in [1.29, 1.82) is 0 Å². The van der Waals surface area contributed by atoms with Crippen LogP contribution in [0.2, 0.25) is 0 Å². The van der Waals surface area contributed by atoms with Crippen LogP contribution in [0.25, 0.3) is 0 Å². The number of hydrogen-bond donors (Lipinski definition) is 3. The average Bonchev–Trinajstić information content (AvgIpc) is 2.31. The molecule has 0 aromatic carbocycles. The Morgan fingerprint density at radius 2 is 1.85 bits per heavy atom. The molecule has 5 nitrogen and oxygen atoms in total. The summed E-state index contributed by atoms with van der Waals surface area (Å²) >= 11 is 0. The maximum absolute atomic E-state index is 12.2. The molecule has 2 aliphatic carbocycles. The maximum Gasteiger partial charge on any atom is 0.307 e. The normalized spacial score (nSPS) is 34.9. The molecule has 0 aromatic heterocycles. The summed E-state index contributed by atoms with van der Waals surface area (Å²) < 4.78 is 0. The van der Waals surface area contributed by atoms with Gasteiger partial charge in [0.15, 0.2) is 0 Å². The van der Waals surface area contributed by atoms with E-state index in [0.29, 0.717) is 12.8 Å². The van der Waals surface area contributed by atoms with E-state index >= 15 is 0 Å². The van der Waals surface area contributed by atoms with E-state index in [4.69, 9.17) is 5.73 Å². The Morgan fingerprint density at radius 3 is 2.30 bits per heavy atom. The Hall–Kier alpha value is -1.10. The molecule has 0 aromatic rings. The largest absolute Gasteiger partial charge is 0.481 e. The number of hydrogen-bond acceptors (Lipinski definition) is 3. The van der Waals surface area contributed by atoms with Gasteiger partial charge in [-0.2, -0.15) is 0 Å². The fourth-order valence-corrected chi connectivity index (χ4v) is 3.54. The maximum atomic E-state index is 12.2. The van der Waals surface area contributed by atoms with Gasteiger partial charge < -0.3 is 16.2 Å². The van der Waals surface area contributed by atoms with Crippen LogP contribution in [0.4, 0.5) is 0 Å². The molecule has 1 amide bonds. The van der Waals surface area contributed by atoms with E-state index in [9.17, 15) is 14.7 Å². The summed E-state index contributed by atoms with van der Waals surface area (Å²) in [6, 6.07) is 0.0223. The van der Waals surface area contributed by atoms with Gasteiger partial charge in [0, 0.05) is 6.04 Å². The number of carboxylic acids is 1. The van der Waals surface area contributed by atoms with E-state index in [1.807, 2.05) is 20.8 Å². The number of carbonyl (C=O) groups excluding carboxylic acids is 1. The van der Waals surface area contributed by atoms with Crippen LogP contribution in [0.15, 0.2) is 0 Å². The van der Waals surface area contributed by atoms with Crippen molar-refractivity contribution in [3.05, 3.63) is 0 Å². The lowest BCUT2D eigenvalue weighted by atomic mass is 9.61. The molecule has 2 rings (SSSR count). The van der Waals surface area contributed by atoms with Gasteiger partial charge in [0.25, 0.3) is 0 Å². The Bertz CT molecular complexity index is 415. The Balaban J connectivity index is 2.04. The molecule has 0 aliphatic heterocycles. The smallest absolute Gasteiger partial charge is 0.307 e. The molecule has 114 valence electrons. The number of amides is 1. The van der Waals surface area contributed by atoms with Crippen molar-refractivity contribution < 1.29 is 14.7 Å². The van der Waals surface area contributed by atoms with E-state index in [1.54, 1.807) is 0 Å². The molecule has 2 aliphatic rings. The minimum atomic E-state index is -0.735. The Kier molecular flexibility index (Phi) is 3.84. The number of nitrogens with one attached hydrogen (secondary N) is 1. The highest BCUT2D eigenvalue weighted by Crippen LogP contribution is 2.45. The molecule has 4 N–H and O–H groups in total. The second-order valence-electron chi connectivity index (χ2n) is 7.17. The van der Waals surface area contributed by atoms with Crippen LogP contribution >= 0.6 is 0 Å². The number of carboxylic acid groups (broad SMARTS) is 1. The molecular formula is C15H26N2O3. The first-order valence-electron chi connectivity index (χ1n) is 7.51. The lowest BCUT2D eigenvalue weighted by molar-refractivity contribution is -0.150. The Morgan fingerprint density at radius 1 is 1.25 bits per heavy atom. The van der Waals surface area contributed by atoms with Crippen molar-refractivity contribution in [3.8, 4) is 0 Å². The van der Waals surface area contributed by atoms with Crippen LogP contribution in [0.3, 0.4) is 0 Å². The number of rotatable bonds is 3. The topological polar surface area (TPSA) is 92.4 Å². The summed E-state index contributed by atoms with van der Waals surface area (Å²) in [6.45, 7) is 6.00. The monoisotopic (exact) mass is 282 g/mol. The third-order valence-electron chi connectivity index (χ3n) is 5.75. The third kappa shape index (κ3) is 2.43. The van der Waals surface area contributed by atoms with Gasteiger partial charge in [-0.3, -0.25) is 9.59 Å². The third-order valence-corrected chi connectivity index (χ3v) is 5.75. The van der Waals surface area contributed by atoms with Crippen LogP contribution in [-0.2, 0) is 9.59 Å². The van der Waals surface area contributed by atoms with Gasteiger partial charge in [0.05, 0.1) is 11.5 Å². The zero-order valence-electron chi connectivity index (χ0n) is 12.6. The fourth-order valence-electron chi connectivity index (χ4n) is 3.54. The number of carbonyl (C=O) groups is 2. The molecule has 3 unspecified atom stereocenters. The van der Waals surface area contributed by atoms with Crippen LogP contribution in [0.1, 0.15) is 52.9 Å². The second-order valence-corrected chi connectivity index (χ2v) is 7.17. The first-order valence-corrected chi connectivity index (χ1v) is 7.51. The summed E-state index contributed by atoms with van der Waals surface area (Å²) in [7, 11) is 0. The predicted octanol–water partition coefficient (Wildman–Crippen LogP) is 1.51. The van der Waals surface area contributed by atoms with Gasteiger partial charge in [-0.15, -0.1) is 0 Å². The quantitative estimate of drug-likeness (QED) is 0.731. The molecule has 0 radical (unpaired) electrons. The van der Waals surface area contributed by atoms with E-state index < -0.39 is 11.5 Å². The standard InChI is InChI=1S/C15H26N2O3/c1-9-11(17-13(20)15(16)7-4-8-15)6-5-10(12(18)19)14(9,2)3/h9-11H,4-8,16H2,1-3H3,(H,17,20)(H,18,19).